The number of nitrogens with one attached hydrogen (secondary N) is 2. The van der Waals surface area contributed by atoms with Crippen molar-refractivity contribution in [3.8, 4) is 0 Å². The van der Waals surface area contributed by atoms with E-state index in [9.17, 15) is 14.4 Å². The van der Waals surface area contributed by atoms with Crippen LogP contribution < -0.4 is 5.32 Å². The predicted octanol–water partition coefficient (Wildman–Crippen LogP) is 2.91. The fraction of sp³-hybridized carbons (Fsp3) is 0.400. The summed E-state index contributed by atoms with van der Waals surface area (Å²) in [4.78, 5) is 38.2. The number of carbonyl (C=O) groups is 3. The molecule has 138 valence electrons. The summed E-state index contributed by atoms with van der Waals surface area (Å²) in [5, 5.41) is 8.40. The second-order valence-electron chi connectivity index (χ2n) is 7.58. The number of aromatic amines is 1. The number of aldehydes is 1. The average molecular weight is 365 g/mol. The van der Waals surface area contributed by atoms with E-state index in [-0.39, 0.29) is 17.7 Å². The highest BCUT2D eigenvalue weighted by atomic mass is 16.5. The molecule has 0 radical (unpaired) electrons. The van der Waals surface area contributed by atoms with Crippen molar-refractivity contribution in [2.75, 3.05) is 0 Å². The van der Waals surface area contributed by atoms with Crippen LogP contribution in [0.3, 0.4) is 0 Å². The van der Waals surface area contributed by atoms with Crippen molar-refractivity contribution >= 4 is 40.0 Å². The zero-order valence-corrected chi connectivity index (χ0v) is 14.7. The number of hydrogen-bond acceptors (Lipinski definition) is 5. The lowest BCUT2D eigenvalue weighted by atomic mass is 9.89. The molecule has 7 nitrogen and oxygen atoms in total. The summed E-state index contributed by atoms with van der Waals surface area (Å²) in [6.45, 7) is 0. The van der Waals surface area contributed by atoms with Crippen LogP contribution in [0.15, 0.2) is 22.9 Å². The Bertz CT molecular complexity index is 1080. The lowest BCUT2D eigenvalue weighted by molar-refractivity contribution is -0.134. The number of benzene rings is 1. The number of fused-ring (bicyclic) bond motifs is 3. The first-order valence-electron chi connectivity index (χ1n) is 9.34. The quantitative estimate of drug-likeness (QED) is 0.548. The fourth-order valence-electron chi connectivity index (χ4n) is 4.65. The molecule has 2 aromatic heterocycles. The summed E-state index contributed by atoms with van der Waals surface area (Å²) in [6, 6.07) is 3.97. The molecule has 2 fully saturated rings. The Morgan fingerprint density at radius 2 is 2.11 bits per heavy atom. The van der Waals surface area contributed by atoms with Crippen LogP contribution in [-0.2, 0) is 14.4 Å². The zero-order valence-electron chi connectivity index (χ0n) is 14.7. The van der Waals surface area contributed by atoms with Crippen molar-refractivity contribution in [1.29, 1.82) is 0 Å². The van der Waals surface area contributed by atoms with Crippen LogP contribution in [0.1, 0.15) is 55.2 Å². The number of rotatable bonds is 3. The topological polar surface area (TPSA) is 105 Å². The number of carbonyl (C=O) groups excluding carboxylic acids is 3. The maximum absolute atomic E-state index is 12.3. The van der Waals surface area contributed by atoms with Gasteiger partial charge in [0.25, 0.3) is 0 Å². The number of H-pyrrole nitrogens is 1. The molecule has 1 saturated carbocycles. The van der Waals surface area contributed by atoms with Crippen molar-refractivity contribution in [2.45, 2.75) is 43.9 Å². The molecule has 2 amide bonds. The van der Waals surface area contributed by atoms with Gasteiger partial charge in [-0.2, -0.15) is 0 Å². The van der Waals surface area contributed by atoms with Gasteiger partial charge < -0.3 is 14.3 Å². The second-order valence-corrected chi connectivity index (χ2v) is 7.58. The Kier molecular flexibility index (Phi) is 3.63. The molecule has 1 aliphatic heterocycles. The highest BCUT2D eigenvalue weighted by molar-refractivity contribution is 6.10. The van der Waals surface area contributed by atoms with E-state index in [2.05, 4.69) is 15.5 Å². The Labute approximate surface area is 154 Å². The molecule has 0 bridgehead atoms. The second kappa shape index (κ2) is 6.04. The third-order valence-electron chi connectivity index (χ3n) is 6.01. The molecular weight excluding hydrogens is 346 g/mol. The average Bonchev–Trinajstić information content (AvgIpc) is 3.39. The molecule has 5 rings (SSSR count). The highest BCUT2D eigenvalue weighted by Crippen LogP contribution is 2.43. The van der Waals surface area contributed by atoms with Crippen molar-refractivity contribution in [1.82, 2.24) is 15.5 Å². The molecule has 3 unspecified atom stereocenters. The van der Waals surface area contributed by atoms with Crippen molar-refractivity contribution < 1.29 is 18.9 Å². The lowest BCUT2D eigenvalue weighted by Gasteiger charge is -2.19. The first-order valence-corrected chi connectivity index (χ1v) is 9.34. The number of imide groups is 1. The van der Waals surface area contributed by atoms with Crippen LogP contribution >= 0.6 is 0 Å². The molecule has 3 atom stereocenters. The van der Waals surface area contributed by atoms with Gasteiger partial charge in [-0.3, -0.25) is 14.9 Å². The normalized spacial score (nSPS) is 26.0. The van der Waals surface area contributed by atoms with Crippen LogP contribution in [0, 0.1) is 5.92 Å². The number of nitrogens with zero attached hydrogens (tertiary/aromatic N) is 1. The summed E-state index contributed by atoms with van der Waals surface area (Å²) >= 11 is 0. The van der Waals surface area contributed by atoms with E-state index in [1.807, 2.05) is 18.3 Å². The third-order valence-corrected chi connectivity index (χ3v) is 6.01. The minimum atomic E-state index is -0.487. The first-order chi connectivity index (χ1) is 13.2. The van der Waals surface area contributed by atoms with Crippen molar-refractivity contribution in [3.05, 3.63) is 29.6 Å². The van der Waals surface area contributed by atoms with Crippen LogP contribution in [0.5, 0.6) is 0 Å². The maximum Gasteiger partial charge on any atom is 0.235 e. The highest BCUT2D eigenvalue weighted by Gasteiger charge is 2.34. The van der Waals surface area contributed by atoms with E-state index < -0.39 is 5.92 Å². The van der Waals surface area contributed by atoms with Gasteiger partial charge >= 0.3 is 0 Å². The Morgan fingerprint density at radius 3 is 2.89 bits per heavy atom. The number of hydrogen-bond donors (Lipinski definition) is 2. The van der Waals surface area contributed by atoms with Crippen LogP contribution in [-0.4, -0.2) is 28.2 Å². The zero-order chi connectivity index (χ0) is 18.5. The summed E-state index contributed by atoms with van der Waals surface area (Å²) in [5.74, 6) is -0.638. The molecule has 1 aromatic carbocycles. The maximum atomic E-state index is 12.3. The summed E-state index contributed by atoms with van der Waals surface area (Å²) < 4.78 is 5.61. The Hall–Kier alpha value is -2.96. The van der Waals surface area contributed by atoms with Crippen molar-refractivity contribution in [3.63, 3.8) is 0 Å². The summed E-state index contributed by atoms with van der Waals surface area (Å²) in [6.07, 6.45) is 6.39. The molecule has 2 N–H and O–H groups in total. The Morgan fingerprint density at radius 1 is 1.22 bits per heavy atom. The van der Waals surface area contributed by atoms with Gasteiger partial charge in [0.2, 0.25) is 11.8 Å². The number of aromatic nitrogens is 2. The molecule has 1 aliphatic carbocycles. The van der Waals surface area contributed by atoms with Gasteiger partial charge in [-0.15, -0.1) is 0 Å². The smallest absolute Gasteiger partial charge is 0.235 e. The molecule has 1 saturated heterocycles. The van der Waals surface area contributed by atoms with Crippen molar-refractivity contribution in [2.24, 2.45) is 5.92 Å². The standard InChI is InChI=1S/C20H19N3O4/c24-9-10-1-2-11(7-10)14-8-15-17(12-5-6-21-18(12)14)19(23-27-15)13-3-4-16(25)22-20(13)26/h5-6,8-11,13,21H,1-4,7H2,(H,22,25,26). The van der Waals surface area contributed by atoms with Gasteiger partial charge in [0, 0.05) is 29.4 Å². The lowest BCUT2D eigenvalue weighted by Crippen LogP contribution is -2.39. The van der Waals surface area contributed by atoms with E-state index >= 15 is 0 Å². The van der Waals surface area contributed by atoms with Gasteiger partial charge in [-0.1, -0.05) is 5.16 Å². The summed E-state index contributed by atoms with van der Waals surface area (Å²) in [7, 11) is 0. The van der Waals surface area contributed by atoms with Gasteiger partial charge in [0.1, 0.15) is 12.0 Å². The van der Waals surface area contributed by atoms with Crippen LogP contribution in [0.4, 0.5) is 0 Å². The molecular formula is C20H19N3O4. The minimum Gasteiger partial charge on any atom is -0.361 e. The molecule has 2 aliphatic rings. The van der Waals surface area contributed by atoms with E-state index in [1.54, 1.807) is 0 Å². The van der Waals surface area contributed by atoms with E-state index in [4.69, 9.17) is 4.52 Å². The van der Waals surface area contributed by atoms with Gasteiger partial charge in [-0.25, -0.2) is 0 Å². The van der Waals surface area contributed by atoms with Gasteiger partial charge in [0.15, 0.2) is 5.58 Å². The largest absolute Gasteiger partial charge is 0.361 e. The summed E-state index contributed by atoms with van der Waals surface area (Å²) in [5.41, 5.74) is 3.38. The SMILES string of the molecule is O=CC1CCC(c2cc3onc(C4CCC(=O)NC4=O)c3c3cc[nH]c23)C1. The van der Waals surface area contributed by atoms with E-state index in [1.165, 1.54) is 0 Å². The molecule has 27 heavy (non-hydrogen) atoms. The molecule has 3 aromatic rings. The predicted molar refractivity (Wildman–Crippen MR) is 97.1 cm³/mol. The minimum absolute atomic E-state index is 0.115. The molecule has 7 heteroatoms. The van der Waals surface area contributed by atoms with E-state index in [0.717, 1.165) is 47.4 Å². The Balaban J connectivity index is 1.63. The number of amides is 2. The molecule has 3 heterocycles. The fourth-order valence-corrected chi connectivity index (χ4v) is 4.65. The first kappa shape index (κ1) is 16.2. The van der Waals surface area contributed by atoms with Crippen LogP contribution in [0.25, 0.3) is 21.9 Å². The number of piperidine rings is 1. The monoisotopic (exact) mass is 365 g/mol. The van der Waals surface area contributed by atoms with Crippen LogP contribution in [0.2, 0.25) is 0 Å². The van der Waals surface area contributed by atoms with Gasteiger partial charge in [0.05, 0.1) is 11.3 Å². The van der Waals surface area contributed by atoms with E-state index in [0.29, 0.717) is 30.0 Å². The van der Waals surface area contributed by atoms with Gasteiger partial charge in [-0.05, 0) is 49.3 Å². The third kappa shape index (κ3) is 2.49. The molecule has 0 spiro atoms.